The molecule has 0 aliphatic heterocycles. The van der Waals surface area contributed by atoms with E-state index in [1.54, 1.807) is 0 Å². The van der Waals surface area contributed by atoms with Crippen LogP contribution in [0.4, 0.5) is 14.5 Å². The summed E-state index contributed by atoms with van der Waals surface area (Å²) in [4.78, 5) is 12.5. The summed E-state index contributed by atoms with van der Waals surface area (Å²) in [7, 11) is 0. The van der Waals surface area contributed by atoms with Gasteiger partial charge in [0.15, 0.2) is 5.82 Å². The summed E-state index contributed by atoms with van der Waals surface area (Å²) in [5.41, 5.74) is 1.98. The number of hydrogen-bond acceptors (Lipinski definition) is 3. The molecule has 1 heterocycles. The van der Waals surface area contributed by atoms with E-state index in [1.165, 1.54) is 11.8 Å². The molecule has 2 aromatic carbocycles. The van der Waals surface area contributed by atoms with E-state index < -0.39 is 17.2 Å². The standard InChI is InChI=1S/C19H14ClF2N3O/c20-18-16(24-15-7-5-11-3-1-2-4-13(11)15)10-23-25(19(18)26)17-8-6-12(21)9-14(17)22/h1-4,6,8-10,15,24H,5,7H2/t15-/m0/s1. The Hall–Kier alpha value is -2.73. The van der Waals surface area contributed by atoms with Crippen LogP contribution in [-0.2, 0) is 6.42 Å². The smallest absolute Gasteiger partial charge is 0.292 e. The van der Waals surface area contributed by atoms with Gasteiger partial charge in [0.1, 0.15) is 16.5 Å². The fourth-order valence-corrected chi connectivity index (χ4v) is 3.44. The number of benzene rings is 2. The minimum Gasteiger partial charge on any atom is -0.376 e. The lowest BCUT2D eigenvalue weighted by molar-refractivity contribution is 0.570. The molecular weight excluding hydrogens is 360 g/mol. The third-order valence-electron chi connectivity index (χ3n) is 4.52. The summed E-state index contributed by atoms with van der Waals surface area (Å²) < 4.78 is 27.8. The summed E-state index contributed by atoms with van der Waals surface area (Å²) in [5.74, 6) is -1.62. The van der Waals surface area contributed by atoms with Crippen LogP contribution in [0, 0.1) is 11.6 Å². The van der Waals surface area contributed by atoms with E-state index in [2.05, 4.69) is 16.5 Å². The minimum atomic E-state index is -0.888. The number of aromatic nitrogens is 2. The van der Waals surface area contributed by atoms with Crippen LogP contribution in [0.5, 0.6) is 0 Å². The molecule has 1 aliphatic carbocycles. The highest BCUT2D eigenvalue weighted by Crippen LogP contribution is 2.34. The number of rotatable bonds is 3. The van der Waals surface area contributed by atoms with Gasteiger partial charge in [0, 0.05) is 6.07 Å². The fourth-order valence-electron chi connectivity index (χ4n) is 3.25. The van der Waals surface area contributed by atoms with Crippen LogP contribution in [0.3, 0.4) is 0 Å². The molecule has 0 fully saturated rings. The van der Waals surface area contributed by atoms with E-state index in [4.69, 9.17) is 11.6 Å². The Bertz CT molecular complexity index is 1050. The number of nitrogens with zero attached hydrogens (tertiary/aromatic N) is 2. The molecule has 0 amide bonds. The molecule has 1 aliphatic rings. The summed E-state index contributed by atoms with van der Waals surface area (Å²) in [6.07, 6.45) is 3.20. The zero-order valence-electron chi connectivity index (χ0n) is 13.5. The first-order chi connectivity index (χ1) is 12.5. The zero-order valence-corrected chi connectivity index (χ0v) is 14.3. The minimum absolute atomic E-state index is 0.0308. The molecule has 1 aromatic heterocycles. The van der Waals surface area contributed by atoms with Gasteiger partial charge >= 0.3 is 0 Å². The lowest BCUT2D eigenvalue weighted by Crippen LogP contribution is -2.24. The first-order valence-electron chi connectivity index (χ1n) is 8.12. The normalized spacial score (nSPS) is 15.7. The van der Waals surface area contributed by atoms with Gasteiger partial charge in [-0.1, -0.05) is 35.9 Å². The van der Waals surface area contributed by atoms with Crippen LogP contribution in [0.15, 0.2) is 53.5 Å². The molecule has 0 bridgehead atoms. The van der Waals surface area contributed by atoms with Gasteiger partial charge in [-0.25, -0.2) is 8.78 Å². The molecule has 0 saturated heterocycles. The van der Waals surface area contributed by atoms with Crippen molar-refractivity contribution in [3.05, 3.63) is 86.8 Å². The van der Waals surface area contributed by atoms with Crippen molar-refractivity contribution in [2.24, 2.45) is 0 Å². The zero-order chi connectivity index (χ0) is 18.3. The summed E-state index contributed by atoms with van der Waals surface area (Å²) in [6.45, 7) is 0. The van der Waals surface area contributed by atoms with Gasteiger partial charge in [0.05, 0.1) is 17.9 Å². The quantitative estimate of drug-likeness (QED) is 0.746. The number of halogens is 3. The lowest BCUT2D eigenvalue weighted by atomic mass is 10.1. The Labute approximate surface area is 153 Å². The summed E-state index contributed by atoms with van der Waals surface area (Å²) in [5, 5.41) is 7.15. The Morgan fingerprint density at radius 3 is 2.81 bits per heavy atom. The number of fused-ring (bicyclic) bond motifs is 1. The van der Waals surface area contributed by atoms with Gasteiger partial charge in [-0.15, -0.1) is 0 Å². The highest BCUT2D eigenvalue weighted by Gasteiger charge is 2.23. The summed E-state index contributed by atoms with van der Waals surface area (Å²) in [6, 6.07) is 11.0. The van der Waals surface area contributed by atoms with Crippen LogP contribution in [0.1, 0.15) is 23.6 Å². The molecule has 0 radical (unpaired) electrons. The molecule has 1 atom stereocenters. The van der Waals surface area contributed by atoms with E-state index >= 15 is 0 Å². The average molecular weight is 374 g/mol. The Kier molecular flexibility index (Phi) is 4.20. The first kappa shape index (κ1) is 16.7. The second kappa shape index (κ2) is 6.53. The maximum absolute atomic E-state index is 13.9. The van der Waals surface area contributed by atoms with Crippen LogP contribution in [0.2, 0.25) is 5.02 Å². The second-order valence-corrected chi connectivity index (χ2v) is 6.50. The van der Waals surface area contributed by atoms with Gasteiger partial charge in [-0.2, -0.15) is 9.78 Å². The molecule has 0 saturated carbocycles. The monoisotopic (exact) mass is 373 g/mol. The predicted molar refractivity (Wildman–Crippen MR) is 95.9 cm³/mol. The Morgan fingerprint density at radius 2 is 2.00 bits per heavy atom. The van der Waals surface area contributed by atoms with Gasteiger partial charge in [-0.3, -0.25) is 4.79 Å². The lowest BCUT2D eigenvalue weighted by Gasteiger charge is -2.17. The molecule has 4 nitrogen and oxygen atoms in total. The Balaban J connectivity index is 1.68. The van der Waals surface area contributed by atoms with Crippen molar-refractivity contribution in [1.29, 1.82) is 0 Å². The molecule has 26 heavy (non-hydrogen) atoms. The van der Waals surface area contributed by atoms with Crippen molar-refractivity contribution in [2.75, 3.05) is 5.32 Å². The van der Waals surface area contributed by atoms with E-state index in [9.17, 15) is 13.6 Å². The van der Waals surface area contributed by atoms with Crippen molar-refractivity contribution in [1.82, 2.24) is 9.78 Å². The summed E-state index contributed by atoms with van der Waals surface area (Å²) >= 11 is 6.21. The number of nitrogens with one attached hydrogen (secondary N) is 1. The van der Waals surface area contributed by atoms with Crippen molar-refractivity contribution >= 4 is 17.3 Å². The van der Waals surface area contributed by atoms with Gasteiger partial charge in [0.2, 0.25) is 0 Å². The maximum Gasteiger partial charge on any atom is 0.292 e. The number of aryl methyl sites for hydroxylation is 1. The van der Waals surface area contributed by atoms with Gasteiger partial charge in [0.25, 0.3) is 5.56 Å². The van der Waals surface area contributed by atoms with Gasteiger partial charge in [-0.05, 0) is 36.1 Å². The highest BCUT2D eigenvalue weighted by molar-refractivity contribution is 6.33. The Morgan fingerprint density at radius 1 is 1.19 bits per heavy atom. The van der Waals surface area contributed by atoms with Crippen molar-refractivity contribution in [2.45, 2.75) is 18.9 Å². The van der Waals surface area contributed by atoms with E-state index in [1.807, 2.05) is 18.2 Å². The van der Waals surface area contributed by atoms with E-state index in [0.29, 0.717) is 11.8 Å². The first-order valence-corrected chi connectivity index (χ1v) is 8.50. The van der Waals surface area contributed by atoms with Crippen molar-refractivity contribution in [3.63, 3.8) is 0 Å². The molecule has 132 valence electrons. The third-order valence-corrected chi connectivity index (χ3v) is 4.88. The fraction of sp³-hybridized carbons (Fsp3) is 0.158. The SMILES string of the molecule is O=c1c(Cl)c(N[C@H]2CCc3ccccc32)cnn1-c1ccc(F)cc1F. The topological polar surface area (TPSA) is 46.9 Å². The number of hydrogen-bond donors (Lipinski definition) is 1. The largest absolute Gasteiger partial charge is 0.376 e. The maximum atomic E-state index is 13.9. The highest BCUT2D eigenvalue weighted by atomic mass is 35.5. The van der Waals surface area contributed by atoms with Crippen LogP contribution >= 0.6 is 11.6 Å². The molecule has 4 rings (SSSR count). The second-order valence-electron chi connectivity index (χ2n) is 6.12. The van der Waals surface area contributed by atoms with Crippen molar-refractivity contribution < 1.29 is 8.78 Å². The predicted octanol–water partition coefficient (Wildman–Crippen LogP) is 4.26. The van der Waals surface area contributed by atoms with Crippen LogP contribution < -0.4 is 10.9 Å². The molecular formula is C19H14ClF2N3O. The van der Waals surface area contributed by atoms with Gasteiger partial charge < -0.3 is 5.32 Å². The van der Waals surface area contributed by atoms with Crippen LogP contribution in [-0.4, -0.2) is 9.78 Å². The van der Waals surface area contributed by atoms with E-state index in [0.717, 1.165) is 35.2 Å². The number of anilines is 1. The molecule has 1 N–H and O–H groups in total. The van der Waals surface area contributed by atoms with Crippen molar-refractivity contribution in [3.8, 4) is 5.69 Å². The van der Waals surface area contributed by atoms with Crippen LogP contribution in [0.25, 0.3) is 5.69 Å². The molecule has 3 aromatic rings. The molecule has 7 heteroatoms. The molecule has 0 unspecified atom stereocenters. The third kappa shape index (κ3) is 2.86. The molecule has 0 spiro atoms. The average Bonchev–Trinajstić information content (AvgIpc) is 3.03. The van der Waals surface area contributed by atoms with E-state index in [-0.39, 0.29) is 16.8 Å².